The molecule has 112 valence electrons. The Morgan fingerprint density at radius 1 is 1.38 bits per heavy atom. The SMILES string of the molecule is CCc1ccc(CNC(=O)c2cc(Cl)c(N)cc2OC)s1. The van der Waals surface area contributed by atoms with Gasteiger partial charge in [0.2, 0.25) is 0 Å². The number of nitrogens with two attached hydrogens (primary N) is 1. The Morgan fingerprint density at radius 2 is 2.10 bits per heavy atom. The van der Waals surface area contributed by atoms with Crippen LogP contribution in [-0.4, -0.2) is 13.0 Å². The van der Waals surface area contributed by atoms with Gasteiger partial charge in [-0.2, -0.15) is 0 Å². The molecular formula is C15H17ClN2O2S. The lowest BCUT2D eigenvalue weighted by molar-refractivity contribution is 0.0948. The molecule has 0 spiro atoms. The van der Waals surface area contributed by atoms with Crippen molar-refractivity contribution in [2.45, 2.75) is 19.9 Å². The molecule has 0 aliphatic carbocycles. The van der Waals surface area contributed by atoms with Crippen LogP contribution in [0.15, 0.2) is 24.3 Å². The lowest BCUT2D eigenvalue weighted by Crippen LogP contribution is -2.23. The van der Waals surface area contributed by atoms with Crippen molar-refractivity contribution >= 4 is 34.5 Å². The zero-order valence-corrected chi connectivity index (χ0v) is 13.5. The van der Waals surface area contributed by atoms with Gasteiger partial charge in [-0.15, -0.1) is 11.3 Å². The Morgan fingerprint density at radius 3 is 2.71 bits per heavy atom. The first-order valence-corrected chi connectivity index (χ1v) is 7.73. The highest BCUT2D eigenvalue weighted by atomic mass is 35.5. The molecule has 0 fully saturated rings. The summed E-state index contributed by atoms with van der Waals surface area (Å²) in [7, 11) is 1.49. The van der Waals surface area contributed by atoms with Crippen molar-refractivity contribution in [2.24, 2.45) is 0 Å². The summed E-state index contributed by atoms with van der Waals surface area (Å²) in [4.78, 5) is 14.7. The zero-order valence-electron chi connectivity index (χ0n) is 11.9. The topological polar surface area (TPSA) is 64.4 Å². The summed E-state index contributed by atoms with van der Waals surface area (Å²) in [6.45, 7) is 2.59. The number of anilines is 1. The van der Waals surface area contributed by atoms with Gasteiger partial charge < -0.3 is 15.8 Å². The van der Waals surface area contributed by atoms with Crippen molar-refractivity contribution < 1.29 is 9.53 Å². The van der Waals surface area contributed by atoms with Gasteiger partial charge in [-0.25, -0.2) is 0 Å². The number of benzene rings is 1. The fourth-order valence-corrected chi connectivity index (χ4v) is 2.95. The van der Waals surface area contributed by atoms with Crippen LogP contribution >= 0.6 is 22.9 Å². The smallest absolute Gasteiger partial charge is 0.255 e. The number of ether oxygens (including phenoxy) is 1. The number of hydrogen-bond donors (Lipinski definition) is 2. The predicted octanol–water partition coefficient (Wildman–Crippen LogP) is 3.48. The normalized spacial score (nSPS) is 10.4. The minimum absolute atomic E-state index is 0.236. The van der Waals surface area contributed by atoms with Crippen LogP contribution in [0.1, 0.15) is 27.0 Å². The highest BCUT2D eigenvalue weighted by molar-refractivity contribution is 7.11. The number of hydrogen-bond acceptors (Lipinski definition) is 4. The number of amides is 1. The van der Waals surface area contributed by atoms with Crippen molar-refractivity contribution in [3.63, 3.8) is 0 Å². The molecule has 6 heteroatoms. The van der Waals surface area contributed by atoms with E-state index >= 15 is 0 Å². The van der Waals surface area contributed by atoms with E-state index in [9.17, 15) is 4.79 Å². The van der Waals surface area contributed by atoms with Crippen molar-refractivity contribution in [3.05, 3.63) is 44.6 Å². The van der Waals surface area contributed by atoms with Crippen LogP contribution < -0.4 is 15.8 Å². The second kappa shape index (κ2) is 6.83. The number of methoxy groups -OCH3 is 1. The molecule has 21 heavy (non-hydrogen) atoms. The highest BCUT2D eigenvalue weighted by Gasteiger charge is 2.15. The zero-order chi connectivity index (χ0) is 15.4. The molecule has 4 nitrogen and oxygen atoms in total. The molecule has 3 N–H and O–H groups in total. The minimum Gasteiger partial charge on any atom is -0.496 e. The molecule has 0 saturated heterocycles. The van der Waals surface area contributed by atoms with E-state index < -0.39 is 0 Å². The van der Waals surface area contributed by atoms with E-state index in [1.54, 1.807) is 17.4 Å². The summed E-state index contributed by atoms with van der Waals surface area (Å²) >= 11 is 7.66. The monoisotopic (exact) mass is 324 g/mol. The third-order valence-corrected chi connectivity index (χ3v) is 4.61. The van der Waals surface area contributed by atoms with E-state index in [0.717, 1.165) is 11.3 Å². The summed E-state index contributed by atoms with van der Waals surface area (Å²) in [5.41, 5.74) is 6.47. The first-order chi connectivity index (χ1) is 10.0. The average molecular weight is 325 g/mol. The maximum atomic E-state index is 12.3. The lowest BCUT2D eigenvalue weighted by Gasteiger charge is -2.10. The van der Waals surface area contributed by atoms with Crippen LogP contribution in [0, 0.1) is 0 Å². The molecular weight excluding hydrogens is 308 g/mol. The van der Waals surface area contributed by atoms with Gasteiger partial charge in [0.05, 0.1) is 29.9 Å². The molecule has 0 aliphatic heterocycles. The Bertz CT molecular complexity index is 655. The third-order valence-electron chi connectivity index (χ3n) is 3.05. The molecule has 2 rings (SSSR count). The first kappa shape index (κ1) is 15.7. The number of carbonyl (C=O) groups is 1. The van der Waals surface area contributed by atoms with Crippen molar-refractivity contribution in [1.82, 2.24) is 5.32 Å². The van der Waals surface area contributed by atoms with E-state index in [-0.39, 0.29) is 5.91 Å². The van der Waals surface area contributed by atoms with Crippen LogP contribution in [0.5, 0.6) is 5.75 Å². The molecule has 1 aromatic heterocycles. The standard InChI is InChI=1S/C15H17ClN2O2S/c1-3-9-4-5-10(21-9)8-18-15(19)11-6-12(16)13(17)7-14(11)20-2/h4-7H,3,8,17H2,1-2H3,(H,18,19). The molecule has 1 aromatic carbocycles. The van der Waals surface area contributed by atoms with Gasteiger partial charge in [0.25, 0.3) is 5.91 Å². The molecule has 0 saturated carbocycles. The van der Waals surface area contributed by atoms with Crippen LogP contribution in [0.3, 0.4) is 0 Å². The van der Waals surface area contributed by atoms with Gasteiger partial charge in [0.1, 0.15) is 5.75 Å². The molecule has 0 atom stereocenters. The van der Waals surface area contributed by atoms with Gasteiger partial charge >= 0.3 is 0 Å². The Labute approximate surface area is 132 Å². The molecule has 1 amide bonds. The molecule has 1 heterocycles. The number of halogens is 1. The number of nitrogen functional groups attached to an aromatic ring is 1. The third kappa shape index (κ3) is 3.68. The van der Waals surface area contributed by atoms with Gasteiger partial charge in [-0.05, 0) is 24.6 Å². The van der Waals surface area contributed by atoms with Crippen molar-refractivity contribution in [3.8, 4) is 5.75 Å². The van der Waals surface area contributed by atoms with Crippen LogP contribution in [-0.2, 0) is 13.0 Å². The largest absolute Gasteiger partial charge is 0.496 e. The van der Waals surface area contributed by atoms with Crippen molar-refractivity contribution in [1.29, 1.82) is 0 Å². The summed E-state index contributed by atoms with van der Waals surface area (Å²) < 4.78 is 5.18. The van der Waals surface area contributed by atoms with E-state index in [4.69, 9.17) is 22.1 Å². The first-order valence-electron chi connectivity index (χ1n) is 6.54. The maximum Gasteiger partial charge on any atom is 0.255 e. The number of nitrogens with one attached hydrogen (secondary N) is 1. The van der Waals surface area contributed by atoms with Crippen LogP contribution in [0.4, 0.5) is 5.69 Å². The summed E-state index contributed by atoms with van der Waals surface area (Å²) in [5, 5.41) is 3.20. The van der Waals surface area contributed by atoms with Gasteiger partial charge in [-0.1, -0.05) is 18.5 Å². The maximum absolute atomic E-state index is 12.3. The number of thiophene rings is 1. The molecule has 0 aliphatic rings. The summed E-state index contributed by atoms with van der Waals surface area (Å²) in [6, 6.07) is 7.18. The van der Waals surface area contributed by atoms with E-state index in [1.165, 1.54) is 18.1 Å². The predicted molar refractivity (Wildman–Crippen MR) is 87.3 cm³/mol. The fourth-order valence-electron chi connectivity index (χ4n) is 1.89. The quantitative estimate of drug-likeness (QED) is 0.827. The van der Waals surface area contributed by atoms with Gasteiger partial charge in [0.15, 0.2) is 0 Å². The molecule has 0 unspecified atom stereocenters. The second-order valence-electron chi connectivity index (χ2n) is 4.48. The summed E-state index contributed by atoms with van der Waals surface area (Å²) in [6.07, 6.45) is 1.00. The number of rotatable bonds is 5. The minimum atomic E-state index is -0.236. The highest BCUT2D eigenvalue weighted by Crippen LogP contribution is 2.28. The van der Waals surface area contributed by atoms with E-state index in [0.29, 0.717) is 28.6 Å². The molecule has 0 radical (unpaired) electrons. The van der Waals surface area contributed by atoms with Crippen LogP contribution in [0.25, 0.3) is 0 Å². The average Bonchev–Trinajstić information content (AvgIpc) is 2.95. The molecule has 0 bridgehead atoms. The Hall–Kier alpha value is -1.72. The van der Waals surface area contributed by atoms with E-state index in [1.807, 2.05) is 6.07 Å². The fraction of sp³-hybridized carbons (Fsp3) is 0.267. The van der Waals surface area contributed by atoms with E-state index in [2.05, 4.69) is 18.3 Å². The molecule has 2 aromatic rings. The van der Waals surface area contributed by atoms with Gasteiger partial charge in [-0.3, -0.25) is 4.79 Å². The number of carbonyl (C=O) groups excluding carboxylic acids is 1. The summed E-state index contributed by atoms with van der Waals surface area (Å²) in [5.74, 6) is 0.176. The number of aryl methyl sites for hydroxylation is 1. The van der Waals surface area contributed by atoms with Crippen LogP contribution in [0.2, 0.25) is 5.02 Å². The Kier molecular flexibility index (Phi) is 5.09. The second-order valence-corrected chi connectivity index (χ2v) is 6.14. The van der Waals surface area contributed by atoms with Crippen molar-refractivity contribution in [2.75, 3.05) is 12.8 Å². The van der Waals surface area contributed by atoms with Gasteiger partial charge in [0, 0.05) is 15.8 Å². The lowest BCUT2D eigenvalue weighted by atomic mass is 10.1. The Balaban J connectivity index is 2.11.